The molecule has 0 aliphatic heterocycles. The number of hydrogen-bond acceptors (Lipinski definition) is 3. The summed E-state index contributed by atoms with van der Waals surface area (Å²) in [6, 6.07) is 0. The Hall–Kier alpha value is -0.110. The predicted octanol–water partition coefficient (Wildman–Crippen LogP) is 5.13. The highest BCUT2D eigenvalue weighted by Gasteiger charge is 2.27. The largest absolute Gasteiger partial charge is 0.356 e. The van der Waals surface area contributed by atoms with Crippen LogP contribution in [0.3, 0.4) is 0 Å². The maximum atomic E-state index is 12.6. The molecular formula is C13H27O3P. The number of allylic oxidation sites excluding steroid dienone is 2. The highest BCUT2D eigenvalue weighted by atomic mass is 31.2. The molecule has 0 aromatic rings. The van der Waals surface area contributed by atoms with E-state index >= 15 is 0 Å². The molecule has 102 valence electrons. The first kappa shape index (κ1) is 16.9. The third kappa shape index (κ3) is 6.40. The van der Waals surface area contributed by atoms with E-state index in [4.69, 9.17) is 9.05 Å². The van der Waals surface area contributed by atoms with Gasteiger partial charge in [-0.15, -0.1) is 0 Å². The SMILES string of the molecule is CCCCOP(=O)(OCCCC)C(C)=C(C)C. The van der Waals surface area contributed by atoms with Crippen LogP contribution in [0.1, 0.15) is 60.3 Å². The Morgan fingerprint density at radius 3 is 1.65 bits per heavy atom. The molecule has 0 rings (SSSR count). The third-order valence-corrected chi connectivity index (χ3v) is 4.97. The lowest BCUT2D eigenvalue weighted by atomic mass is 10.3. The topological polar surface area (TPSA) is 35.5 Å². The molecule has 3 nitrogen and oxygen atoms in total. The van der Waals surface area contributed by atoms with Gasteiger partial charge in [-0.25, -0.2) is 0 Å². The van der Waals surface area contributed by atoms with Crippen LogP contribution in [0.2, 0.25) is 0 Å². The number of unbranched alkanes of at least 4 members (excludes halogenated alkanes) is 2. The summed E-state index contributed by atoms with van der Waals surface area (Å²) < 4.78 is 23.6. The minimum Gasteiger partial charge on any atom is -0.305 e. The van der Waals surface area contributed by atoms with Crippen molar-refractivity contribution < 1.29 is 13.6 Å². The Bertz CT molecular complexity index is 266. The molecule has 0 saturated heterocycles. The Balaban J connectivity index is 4.58. The molecule has 0 aromatic carbocycles. The van der Waals surface area contributed by atoms with E-state index in [2.05, 4.69) is 13.8 Å². The Labute approximate surface area is 106 Å². The molecule has 0 aliphatic rings. The van der Waals surface area contributed by atoms with E-state index in [1.807, 2.05) is 20.8 Å². The van der Waals surface area contributed by atoms with Gasteiger partial charge in [0.1, 0.15) is 0 Å². The molecule has 0 heterocycles. The summed E-state index contributed by atoms with van der Waals surface area (Å²) in [5.41, 5.74) is 1.02. The standard InChI is InChI=1S/C13H27O3P/c1-6-8-10-15-17(14,13(5)12(3)4)16-11-9-7-2/h6-11H2,1-5H3. The van der Waals surface area contributed by atoms with Crippen molar-refractivity contribution in [2.45, 2.75) is 60.3 Å². The van der Waals surface area contributed by atoms with Crippen molar-refractivity contribution in [3.05, 3.63) is 10.9 Å². The summed E-state index contributed by atoms with van der Waals surface area (Å²) in [6.45, 7) is 10.9. The zero-order valence-electron chi connectivity index (χ0n) is 11.9. The first-order valence-electron chi connectivity index (χ1n) is 6.51. The molecule has 0 saturated carbocycles. The van der Waals surface area contributed by atoms with Gasteiger partial charge in [0.25, 0.3) is 0 Å². The van der Waals surface area contributed by atoms with Crippen LogP contribution in [-0.4, -0.2) is 13.2 Å². The van der Waals surface area contributed by atoms with Crippen molar-refractivity contribution >= 4 is 7.60 Å². The van der Waals surface area contributed by atoms with Crippen molar-refractivity contribution in [1.29, 1.82) is 0 Å². The average Bonchev–Trinajstić information content (AvgIpc) is 2.28. The molecule has 0 aliphatic carbocycles. The third-order valence-electron chi connectivity index (χ3n) is 2.65. The van der Waals surface area contributed by atoms with Crippen molar-refractivity contribution in [3.63, 3.8) is 0 Å². The Morgan fingerprint density at radius 2 is 1.35 bits per heavy atom. The molecule has 0 bridgehead atoms. The summed E-state index contributed by atoms with van der Waals surface area (Å²) in [6.07, 6.45) is 3.89. The molecule has 4 heteroatoms. The monoisotopic (exact) mass is 262 g/mol. The molecule has 0 aromatic heterocycles. The van der Waals surface area contributed by atoms with Gasteiger partial charge in [0.2, 0.25) is 0 Å². The van der Waals surface area contributed by atoms with Crippen LogP contribution >= 0.6 is 7.60 Å². The zero-order valence-corrected chi connectivity index (χ0v) is 12.8. The van der Waals surface area contributed by atoms with Crippen LogP contribution in [0.5, 0.6) is 0 Å². The van der Waals surface area contributed by atoms with Crippen molar-refractivity contribution in [1.82, 2.24) is 0 Å². The van der Waals surface area contributed by atoms with Gasteiger partial charge >= 0.3 is 7.60 Å². The zero-order chi connectivity index (χ0) is 13.3. The highest BCUT2D eigenvalue weighted by Crippen LogP contribution is 2.57. The van der Waals surface area contributed by atoms with Crippen LogP contribution in [0.25, 0.3) is 0 Å². The van der Waals surface area contributed by atoms with Crippen LogP contribution in [-0.2, 0) is 13.6 Å². The fourth-order valence-electron chi connectivity index (χ4n) is 1.16. The van der Waals surface area contributed by atoms with Crippen molar-refractivity contribution in [3.8, 4) is 0 Å². The lowest BCUT2D eigenvalue weighted by Gasteiger charge is -2.20. The minimum absolute atomic E-state index is 0.504. The van der Waals surface area contributed by atoms with E-state index in [9.17, 15) is 4.57 Å². The van der Waals surface area contributed by atoms with E-state index in [0.29, 0.717) is 13.2 Å². The van der Waals surface area contributed by atoms with Gasteiger partial charge in [0, 0.05) is 5.31 Å². The van der Waals surface area contributed by atoms with Gasteiger partial charge in [0.15, 0.2) is 0 Å². The summed E-state index contributed by atoms with van der Waals surface area (Å²) in [5.74, 6) is 0. The summed E-state index contributed by atoms with van der Waals surface area (Å²) in [5, 5.41) is 0.754. The fourth-order valence-corrected chi connectivity index (χ4v) is 2.91. The maximum Gasteiger partial charge on any atom is 0.356 e. The normalized spacial score (nSPS) is 11.6. The van der Waals surface area contributed by atoms with Crippen LogP contribution in [0, 0.1) is 0 Å². The lowest BCUT2D eigenvalue weighted by molar-refractivity contribution is 0.205. The van der Waals surface area contributed by atoms with E-state index in [1.54, 1.807) is 0 Å². The lowest BCUT2D eigenvalue weighted by Crippen LogP contribution is -2.01. The fraction of sp³-hybridized carbons (Fsp3) is 0.846. The van der Waals surface area contributed by atoms with Gasteiger partial charge < -0.3 is 9.05 Å². The van der Waals surface area contributed by atoms with E-state index in [-0.39, 0.29) is 0 Å². The van der Waals surface area contributed by atoms with E-state index < -0.39 is 7.60 Å². The second kappa shape index (κ2) is 8.91. The summed E-state index contributed by atoms with van der Waals surface area (Å²) >= 11 is 0. The predicted molar refractivity (Wildman–Crippen MR) is 73.4 cm³/mol. The Kier molecular flexibility index (Phi) is 8.85. The minimum atomic E-state index is -3.05. The van der Waals surface area contributed by atoms with Gasteiger partial charge in [-0.2, -0.15) is 0 Å². The highest BCUT2D eigenvalue weighted by molar-refractivity contribution is 7.58. The average molecular weight is 262 g/mol. The molecule has 0 amide bonds. The molecule has 0 unspecified atom stereocenters. The molecule has 0 N–H and O–H groups in total. The quantitative estimate of drug-likeness (QED) is 0.427. The van der Waals surface area contributed by atoms with Crippen LogP contribution in [0.15, 0.2) is 10.9 Å². The van der Waals surface area contributed by atoms with Crippen LogP contribution < -0.4 is 0 Å². The van der Waals surface area contributed by atoms with Gasteiger partial charge in [-0.3, -0.25) is 4.57 Å². The molecule has 17 heavy (non-hydrogen) atoms. The van der Waals surface area contributed by atoms with Crippen molar-refractivity contribution in [2.24, 2.45) is 0 Å². The Morgan fingerprint density at radius 1 is 0.941 bits per heavy atom. The van der Waals surface area contributed by atoms with Gasteiger partial charge in [-0.1, -0.05) is 32.3 Å². The van der Waals surface area contributed by atoms with E-state index in [0.717, 1.165) is 36.6 Å². The second-order valence-electron chi connectivity index (χ2n) is 4.46. The smallest absolute Gasteiger partial charge is 0.305 e. The summed E-state index contributed by atoms with van der Waals surface area (Å²) in [4.78, 5) is 0. The van der Waals surface area contributed by atoms with E-state index in [1.165, 1.54) is 0 Å². The molecule has 0 atom stereocenters. The molecule has 0 spiro atoms. The number of rotatable bonds is 9. The van der Waals surface area contributed by atoms with Gasteiger partial charge in [0.05, 0.1) is 13.2 Å². The maximum absolute atomic E-state index is 12.6. The first-order valence-corrected chi connectivity index (χ1v) is 8.06. The molecular weight excluding hydrogens is 235 g/mol. The summed E-state index contributed by atoms with van der Waals surface area (Å²) in [7, 11) is -3.05. The second-order valence-corrected chi connectivity index (χ2v) is 6.64. The number of hydrogen-bond donors (Lipinski definition) is 0. The molecule has 0 fully saturated rings. The first-order chi connectivity index (χ1) is 7.98. The van der Waals surface area contributed by atoms with Gasteiger partial charge in [-0.05, 0) is 33.6 Å². The van der Waals surface area contributed by atoms with Crippen molar-refractivity contribution in [2.75, 3.05) is 13.2 Å². The molecule has 0 radical (unpaired) electrons. The van der Waals surface area contributed by atoms with Crippen LogP contribution in [0.4, 0.5) is 0 Å².